The van der Waals surface area contributed by atoms with Gasteiger partial charge in [0.05, 0.1) is 5.92 Å². The molecular formula is C15H21N3O3. The van der Waals surface area contributed by atoms with E-state index in [1.165, 1.54) is 0 Å². The van der Waals surface area contributed by atoms with Gasteiger partial charge >= 0.3 is 12.0 Å². The summed E-state index contributed by atoms with van der Waals surface area (Å²) in [6.07, 6.45) is 6.43. The summed E-state index contributed by atoms with van der Waals surface area (Å²) in [7, 11) is 1.72. The SMILES string of the molecule is CN(CCc1ccncc1)C(=O)NC1CCCC1C(=O)O. The van der Waals surface area contributed by atoms with E-state index in [4.69, 9.17) is 5.11 Å². The fourth-order valence-electron chi connectivity index (χ4n) is 2.64. The number of carboxylic acids is 1. The number of urea groups is 1. The Morgan fingerprint density at radius 2 is 2.10 bits per heavy atom. The van der Waals surface area contributed by atoms with E-state index < -0.39 is 11.9 Å². The van der Waals surface area contributed by atoms with Crippen molar-refractivity contribution in [3.05, 3.63) is 30.1 Å². The Kier molecular flexibility index (Phi) is 5.14. The molecule has 1 aliphatic carbocycles. The van der Waals surface area contributed by atoms with Crippen molar-refractivity contribution in [1.29, 1.82) is 0 Å². The molecule has 1 fully saturated rings. The van der Waals surface area contributed by atoms with Gasteiger partial charge in [0.25, 0.3) is 0 Å². The van der Waals surface area contributed by atoms with Gasteiger partial charge in [0.15, 0.2) is 0 Å². The summed E-state index contributed by atoms with van der Waals surface area (Å²) >= 11 is 0. The monoisotopic (exact) mass is 291 g/mol. The van der Waals surface area contributed by atoms with Crippen LogP contribution in [-0.4, -0.2) is 46.6 Å². The van der Waals surface area contributed by atoms with Gasteiger partial charge in [-0.2, -0.15) is 0 Å². The molecule has 6 heteroatoms. The molecule has 0 radical (unpaired) electrons. The van der Waals surface area contributed by atoms with Crippen molar-refractivity contribution in [3.63, 3.8) is 0 Å². The largest absolute Gasteiger partial charge is 0.481 e. The number of carbonyl (C=O) groups is 2. The zero-order valence-electron chi connectivity index (χ0n) is 12.2. The number of rotatable bonds is 5. The number of nitrogens with zero attached hydrogens (tertiary/aromatic N) is 2. The fourth-order valence-corrected chi connectivity index (χ4v) is 2.64. The van der Waals surface area contributed by atoms with Crippen molar-refractivity contribution in [2.24, 2.45) is 5.92 Å². The number of hydrogen-bond acceptors (Lipinski definition) is 3. The predicted octanol–water partition coefficient (Wildman–Crippen LogP) is 1.52. The molecule has 6 nitrogen and oxygen atoms in total. The second-order valence-corrected chi connectivity index (χ2v) is 5.46. The highest BCUT2D eigenvalue weighted by molar-refractivity contribution is 5.77. The number of carboxylic acid groups (broad SMARTS) is 1. The van der Waals surface area contributed by atoms with Gasteiger partial charge in [0.1, 0.15) is 0 Å². The smallest absolute Gasteiger partial charge is 0.317 e. The highest BCUT2D eigenvalue weighted by atomic mass is 16.4. The molecule has 1 aromatic heterocycles. The van der Waals surface area contributed by atoms with Crippen molar-refractivity contribution in [1.82, 2.24) is 15.2 Å². The third-order valence-electron chi connectivity index (χ3n) is 3.97. The van der Waals surface area contributed by atoms with Gasteiger partial charge in [-0.1, -0.05) is 6.42 Å². The molecule has 0 spiro atoms. The molecule has 21 heavy (non-hydrogen) atoms. The minimum atomic E-state index is -0.822. The summed E-state index contributed by atoms with van der Waals surface area (Å²) in [5.41, 5.74) is 1.12. The Balaban J connectivity index is 1.81. The van der Waals surface area contributed by atoms with E-state index in [0.29, 0.717) is 13.0 Å². The van der Waals surface area contributed by atoms with E-state index >= 15 is 0 Å². The molecule has 0 aliphatic heterocycles. The summed E-state index contributed by atoms with van der Waals surface area (Å²) in [4.78, 5) is 28.7. The maximum atomic E-state index is 12.1. The van der Waals surface area contributed by atoms with Crippen molar-refractivity contribution in [2.75, 3.05) is 13.6 Å². The van der Waals surface area contributed by atoms with E-state index in [2.05, 4.69) is 10.3 Å². The summed E-state index contributed by atoms with van der Waals surface area (Å²) in [5, 5.41) is 12.0. The minimum Gasteiger partial charge on any atom is -0.481 e. The molecule has 2 atom stereocenters. The van der Waals surface area contributed by atoms with E-state index in [1.54, 1.807) is 24.3 Å². The summed E-state index contributed by atoms with van der Waals surface area (Å²) in [5.74, 6) is -1.28. The normalized spacial score (nSPS) is 21.0. The summed E-state index contributed by atoms with van der Waals surface area (Å²) in [6, 6.07) is 3.38. The van der Waals surface area contributed by atoms with Crippen molar-refractivity contribution in [2.45, 2.75) is 31.7 Å². The Labute approximate surface area is 124 Å². The quantitative estimate of drug-likeness (QED) is 0.861. The van der Waals surface area contributed by atoms with Crippen LogP contribution in [0.1, 0.15) is 24.8 Å². The molecule has 2 unspecified atom stereocenters. The Morgan fingerprint density at radius 3 is 2.76 bits per heavy atom. The lowest BCUT2D eigenvalue weighted by Gasteiger charge is -2.23. The van der Waals surface area contributed by atoms with Gasteiger partial charge in [-0.25, -0.2) is 4.79 Å². The van der Waals surface area contributed by atoms with Crippen molar-refractivity contribution >= 4 is 12.0 Å². The van der Waals surface area contributed by atoms with Crippen LogP contribution in [0.2, 0.25) is 0 Å². The molecule has 1 saturated carbocycles. The average molecular weight is 291 g/mol. The maximum absolute atomic E-state index is 12.1. The molecule has 2 amide bonds. The molecule has 0 aromatic carbocycles. The first-order valence-electron chi connectivity index (χ1n) is 7.21. The lowest BCUT2D eigenvalue weighted by Crippen LogP contribution is -2.46. The number of aromatic nitrogens is 1. The first-order valence-corrected chi connectivity index (χ1v) is 7.21. The number of nitrogens with one attached hydrogen (secondary N) is 1. The van der Waals surface area contributed by atoms with Gasteiger partial charge in [0, 0.05) is 32.0 Å². The molecule has 114 valence electrons. The van der Waals surface area contributed by atoms with Crippen LogP contribution in [0.5, 0.6) is 0 Å². The van der Waals surface area contributed by atoms with Gasteiger partial charge in [-0.05, 0) is 37.0 Å². The molecule has 1 aliphatic rings. The Hall–Kier alpha value is -2.11. The van der Waals surface area contributed by atoms with Gasteiger partial charge in [-0.3, -0.25) is 9.78 Å². The Morgan fingerprint density at radius 1 is 1.38 bits per heavy atom. The molecule has 1 heterocycles. The lowest BCUT2D eigenvalue weighted by atomic mass is 10.0. The van der Waals surface area contributed by atoms with E-state index in [1.807, 2.05) is 12.1 Å². The number of pyridine rings is 1. The second-order valence-electron chi connectivity index (χ2n) is 5.46. The van der Waals surface area contributed by atoms with Crippen LogP contribution in [0.3, 0.4) is 0 Å². The zero-order chi connectivity index (χ0) is 15.2. The fraction of sp³-hybridized carbons (Fsp3) is 0.533. The molecule has 2 rings (SSSR count). The number of hydrogen-bond donors (Lipinski definition) is 2. The minimum absolute atomic E-state index is 0.206. The van der Waals surface area contributed by atoms with Gasteiger partial charge in [0.2, 0.25) is 0 Å². The van der Waals surface area contributed by atoms with Crippen LogP contribution in [0, 0.1) is 5.92 Å². The van der Waals surface area contributed by atoms with Crippen molar-refractivity contribution < 1.29 is 14.7 Å². The van der Waals surface area contributed by atoms with Crippen LogP contribution in [0.25, 0.3) is 0 Å². The molecule has 0 bridgehead atoms. The molecular weight excluding hydrogens is 270 g/mol. The van der Waals surface area contributed by atoms with Crippen LogP contribution in [0.4, 0.5) is 4.79 Å². The zero-order valence-corrected chi connectivity index (χ0v) is 12.2. The van der Waals surface area contributed by atoms with Gasteiger partial charge < -0.3 is 15.3 Å². The molecule has 1 aromatic rings. The summed E-state index contributed by atoms with van der Waals surface area (Å²) in [6.45, 7) is 0.584. The standard InChI is InChI=1S/C15H21N3O3/c1-18(10-7-11-5-8-16-9-6-11)15(21)17-13-4-2-3-12(13)14(19)20/h5-6,8-9,12-13H,2-4,7,10H2,1H3,(H,17,21)(H,19,20). The average Bonchev–Trinajstić information content (AvgIpc) is 2.94. The lowest BCUT2D eigenvalue weighted by molar-refractivity contribution is -0.142. The van der Waals surface area contributed by atoms with Crippen LogP contribution >= 0.6 is 0 Å². The number of likely N-dealkylation sites (N-methyl/N-ethyl adjacent to an activating group) is 1. The van der Waals surface area contributed by atoms with E-state index in [9.17, 15) is 9.59 Å². The van der Waals surface area contributed by atoms with Crippen LogP contribution < -0.4 is 5.32 Å². The number of aliphatic carboxylic acids is 1. The molecule has 0 saturated heterocycles. The predicted molar refractivity (Wildman–Crippen MR) is 77.9 cm³/mol. The van der Waals surface area contributed by atoms with E-state index in [0.717, 1.165) is 24.8 Å². The first kappa shape index (κ1) is 15.3. The Bertz CT molecular complexity index is 492. The van der Waals surface area contributed by atoms with E-state index in [-0.39, 0.29) is 12.1 Å². The highest BCUT2D eigenvalue weighted by Crippen LogP contribution is 2.25. The first-order chi connectivity index (χ1) is 10.1. The van der Waals surface area contributed by atoms with Gasteiger partial charge in [-0.15, -0.1) is 0 Å². The van der Waals surface area contributed by atoms with Crippen molar-refractivity contribution in [3.8, 4) is 0 Å². The third-order valence-corrected chi connectivity index (χ3v) is 3.97. The topological polar surface area (TPSA) is 82.5 Å². The third kappa shape index (κ3) is 4.18. The second kappa shape index (κ2) is 7.06. The highest BCUT2D eigenvalue weighted by Gasteiger charge is 2.34. The summed E-state index contributed by atoms with van der Waals surface area (Å²) < 4.78 is 0. The van der Waals surface area contributed by atoms with Crippen LogP contribution in [0.15, 0.2) is 24.5 Å². The molecule has 2 N–H and O–H groups in total. The maximum Gasteiger partial charge on any atom is 0.317 e. The number of amides is 2. The van der Waals surface area contributed by atoms with Crippen LogP contribution in [-0.2, 0) is 11.2 Å². The number of carbonyl (C=O) groups excluding carboxylic acids is 1.